The number of benzene rings is 1. The Kier molecular flexibility index (Phi) is 6.18. The average Bonchev–Trinajstić information content (AvgIpc) is 2.71. The zero-order chi connectivity index (χ0) is 14.4. The van der Waals surface area contributed by atoms with Gasteiger partial charge in [0.2, 0.25) is 0 Å². The van der Waals surface area contributed by atoms with E-state index in [2.05, 4.69) is 42.3 Å². The lowest BCUT2D eigenvalue weighted by atomic mass is 9.98. The van der Waals surface area contributed by atoms with Gasteiger partial charge in [-0.3, -0.25) is 0 Å². The summed E-state index contributed by atoms with van der Waals surface area (Å²) in [5, 5.41) is 4.22. The standard InChI is InChI=1S/C17H27ClN2/c1-3-14-6-5-10-20(11-9-14)16-8-7-15(13-19-4-2)17(18)12-16/h7-8,12,14,19H,3-6,9-11,13H2,1-2H3. The van der Waals surface area contributed by atoms with E-state index in [0.29, 0.717) is 0 Å². The van der Waals surface area contributed by atoms with Gasteiger partial charge in [0.15, 0.2) is 0 Å². The highest BCUT2D eigenvalue weighted by Gasteiger charge is 2.16. The van der Waals surface area contributed by atoms with E-state index in [1.807, 2.05) is 0 Å². The van der Waals surface area contributed by atoms with Crippen LogP contribution in [0.4, 0.5) is 5.69 Å². The van der Waals surface area contributed by atoms with Crippen molar-refractivity contribution in [2.24, 2.45) is 5.92 Å². The molecule has 0 aromatic heterocycles. The van der Waals surface area contributed by atoms with Gasteiger partial charge in [0, 0.05) is 30.3 Å². The van der Waals surface area contributed by atoms with E-state index >= 15 is 0 Å². The molecule has 112 valence electrons. The van der Waals surface area contributed by atoms with Gasteiger partial charge in [0.05, 0.1) is 0 Å². The summed E-state index contributed by atoms with van der Waals surface area (Å²) in [5.41, 5.74) is 2.48. The summed E-state index contributed by atoms with van der Waals surface area (Å²) in [4.78, 5) is 2.50. The van der Waals surface area contributed by atoms with Crippen LogP contribution in [-0.2, 0) is 6.54 Å². The maximum absolute atomic E-state index is 6.41. The van der Waals surface area contributed by atoms with E-state index < -0.39 is 0 Å². The van der Waals surface area contributed by atoms with Crippen molar-refractivity contribution >= 4 is 17.3 Å². The van der Waals surface area contributed by atoms with Crippen LogP contribution in [0.15, 0.2) is 18.2 Å². The van der Waals surface area contributed by atoms with E-state index in [-0.39, 0.29) is 0 Å². The lowest BCUT2D eigenvalue weighted by molar-refractivity contribution is 0.459. The normalized spacial score (nSPS) is 19.9. The Hall–Kier alpha value is -0.730. The Labute approximate surface area is 128 Å². The molecule has 1 aliphatic rings. The Bertz CT molecular complexity index is 419. The highest BCUT2D eigenvalue weighted by atomic mass is 35.5. The van der Waals surface area contributed by atoms with Gasteiger partial charge in [0.25, 0.3) is 0 Å². The van der Waals surface area contributed by atoms with Crippen LogP contribution >= 0.6 is 11.6 Å². The molecule has 0 spiro atoms. The number of hydrogen-bond acceptors (Lipinski definition) is 2. The number of hydrogen-bond donors (Lipinski definition) is 1. The predicted molar refractivity (Wildman–Crippen MR) is 88.7 cm³/mol. The number of anilines is 1. The number of nitrogens with zero attached hydrogens (tertiary/aromatic N) is 1. The van der Waals surface area contributed by atoms with Crippen molar-refractivity contribution in [1.82, 2.24) is 5.32 Å². The maximum Gasteiger partial charge on any atom is 0.0471 e. The predicted octanol–water partition coefficient (Wildman–Crippen LogP) is 4.47. The molecule has 1 aromatic carbocycles. The van der Waals surface area contributed by atoms with Gasteiger partial charge in [-0.1, -0.05) is 37.9 Å². The average molecular weight is 295 g/mol. The fourth-order valence-corrected chi connectivity index (χ4v) is 3.21. The fourth-order valence-electron chi connectivity index (χ4n) is 2.97. The second kappa shape index (κ2) is 7.90. The van der Waals surface area contributed by atoms with E-state index in [1.54, 1.807) is 0 Å². The van der Waals surface area contributed by atoms with Crippen molar-refractivity contribution in [1.29, 1.82) is 0 Å². The molecule has 0 aliphatic carbocycles. The Morgan fingerprint density at radius 2 is 2.10 bits per heavy atom. The summed E-state index contributed by atoms with van der Waals surface area (Å²) in [6.45, 7) is 8.59. The molecule has 1 aromatic rings. The lowest BCUT2D eigenvalue weighted by Gasteiger charge is -2.23. The van der Waals surface area contributed by atoms with Gasteiger partial charge in [-0.05, 0) is 49.4 Å². The third-order valence-corrected chi connectivity index (χ3v) is 4.74. The lowest BCUT2D eigenvalue weighted by Crippen LogP contribution is -2.24. The first-order chi connectivity index (χ1) is 9.74. The molecule has 1 saturated heterocycles. The minimum atomic E-state index is 0.855. The quantitative estimate of drug-likeness (QED) is 0.862. The van der Waals surface area contributed by atoms with Gasteiger partial charge in [-0.15, -0.1) is 0 Å². The number of halogens is 1. The van der Waals surface area contributed by atoms with Crippen LogP contribution in [0.1, 0.15) is 45.1 Å². The van der Waals surface area contributed by atoms with Crippen LogP contribution in [0.3, 0.4) is 0 Å². The minimum Gasteiger partial charge on any atom is -0.371 e. The van der Waals surface area contributed by atoms with Gasteiger partial charge < -0.3 is 10.2 Å². The van der Waals surface area contributed by atoms with Gasteiger partial charge >= 0.3 is 0 Å². The van der Waals surface area contributed by atoms with Crippen LogP contribution in [-0.4, -0.2) is 19.6 Å². The van der Waals surface area contributed by atoms with E-state index in [1.165, 1.54) is 50.0 Å². The van der Waals surface area contributed by atoms with E-state index in [4.69, 9.17) is 11.6 Å². The molecule has 0 radical (unpaired) electrons. The first kappa shape index (κ1) is 15.7. The van der Waals surface area contributed by atoms with Crippen LogP contribution in [0, 0.1) is 5.92 Å². The van der Waals surface area contributed by atoms with Crippen LogP contribution < -0.4 is 10.2 Å². The van der Waals surface area contributed by atoms with Crippen LogP contribution in [0.2, 0.25) is 5.02 Å². The van der Waals surface area contributed by atoms with E-state index in [9.17, 15) is 0 Å². The van der Waals surface area contributed by atoms with Crippen molar-refractivity contribution in [3.05, 3.63) is 28.8 Å². The zero-order valence-electron chi connectivity index (χ0n) is 12.8. The molecule has 2 nitrogen and oxygen atoms in total. The monoisotopic (exact) mass is 294 g/mol. The molecule has 1 atom stereocenters. The number of rotatable bonds is 5. The highest BCUT2D eigenvalue weighted by molar-refractivity contribution is 6.31. The second-order valence-electron chi connectivity index (χ2n) is 5.75. The Morgan fingerprint density at radius 1 is 1.25 bits per heavy atom. The molecule has 1 fully saturated rings. The topological polar surface area (TPSA) is 15.3 Å². The molecule has 1 N–H and O–H groups in total. The van der Waals surface area contributed by atoms with Gasteiger partial charge in [-0.2, -0.15) is 0 Å². The van der Waals surface area contributed by atoms with E-state index in [0.717, 1.165) is 24.0 Å². The summed E-state index contributed by atoms with van der Waals surface area (Å²) in [6, 6.07) is 6.54. The molecule has 0 amide bonds. The molecule has 0 bridgehead atoms. The molecule has 1 aliphatic heterocycles. The third kappa shape index (κ3) is 4.13. The zero-order valence-corrected chi connectivity index (χ0v) is 13.5. The molecular formula is C17H27ClN2. The molecule has 20 heavy (non-hydrogen) atoms. The fraction of sp³-hybridized carbons (Fsp3) is 0.647. The van der Waals surface area contributed by atoms with Crippen molar-refractivity contribution in [2.75, 3.05) is 24.5 Å². The molecule has 1 unspecified atom stereocenters. The maximum atomic E-state index is 6.41. The molecule has 0 saturated carbocycles. The van der Waals surface area contributed by atoms with Gasteiger partial charge in [-0.25, -0.2) is 0 Å². The third-order valence-electron chi connectivity index (χ3n) is 4.39. The Balaban J connectivity index is 2.03. The summed E-state index contributed by atoms with van der Waals surface area (Å²) < 4.78 is 0. The summed E-state index contributed by atoms with van der Waals surface area (Å²) in [6.07, 6.45) is 5.30. The molecule has 2 rings (SSSR count). The largest absolute Gasteiger partial charge is 0.371 e. The molecular weight excluding hydrogens is 268 g/mol. The first-order valence-electron chi connectivity index (χ1n) is 7.98. The van der Waals surface area contributed by atoms with Crippen LogP contribution in [0.25, 0.3) is 0 Å². The first-order valence-corrected chi connectivity index (χ1v) is 8.36. The van der Waals surface area contributed by atoms with Crippen molar-refractivity contribution in [3.8, 4) is 0 Å². The summed E-state index contributed by atoms with van der Waals surface area (Å²) >= 11 is 6.41. The number of nitrogens with one attached hydrogen (secondary N) is 1. The second-order valence-corrected chi connectivity index (χ2v) is 6.16. The minimum absolute atomic E-state index is 0.855. The van der Waals surface area contributed by atoms with Crippen molar-refractivity contribution < 1.29 is 0 Å². The molecule has 3 heteroatoms. The smallest absolute Gasteiger partial charge is 0.0471 e. The highest BCUT2D eigenvalue weighted by Crippen LogP contribution is 2.28. The van der Waals surface area contributed by atoms with Gasteiger partial charge in [0.1, 0.15) is 0 Å². The van der Waals surface area contributed by atoms with Crippen molar-refractivity contribution in [3.63, 3.8) is 0 Å². The summed E-state index contributed by atoms with van der Waals surface area (Å²) in [7, 11) is 0. The van der Waals surface area contributed by atoms with Crippen molar-refractivity contribution in [2.45, 2.75) is 46.1 Å². The van der Waals surface area contributed by atoms with Crippen LogP contribution in [0.5, 0.6) is 0 Å². The summed E-state index contributed by atoms with van der Waals surface area (Å²) in [5.74, 6) is 0.906. The molecule has 1 heterocycles. The Morgan fingerprint density at radius 3 is 2.80 bits per heavy atom. The SMILES string of the molecule is CCNCc1ccc(N2CCCC(CC)CC2)cc1Cl.